The molecule has 1 amide bonds. The number of anilines is 1. The molecule has 0 aliphatic carbocycles. The first kappa shape index (κ1) is 25.9. The normalized spacial score (nSPS) is 11.9. The summed E-state index contributed by atoms with van der Waals surface area (Å²) in [7, 11) is -0.911. The molecule has 3 aromatic carbocycles. The van der Waals surface area contributed by atoms with Gasteiger partial charge < -0.3 is 19.5 Å². The number of aryl methyl sites for hydroxylation is 1. The fraction of sp³-hybridized carbons (Fsp3) is 0.269. The first-order valence-corrected chi connectivity index (χ1v) is 12.5. The van der Waals surface area contributed by atoms with Gasteiger partial charge in [-0.05, 0) is 74.0 Å². The van der Waals surface area contributed by atoms with Crippen LogP contribution in [0.1, 0.15) is 12.5 Å². The summed E-state index contributed by atoms with van der Waals surface area (Å²) in [5, 5.41) is 2.81. The van der Waals surface area contributed by atoms with Crippen LogP contribution in [0.5, 0.6) is 17.2 Å². The molecule has 0 heterocycles. The van der Waals surface area contributed by atoms with Crippen LogP contribution in [-0.4, -0.2) is 47.7 Å². The van der Waals surface area contributed by atoms with Crippen LogP contribution in [0.3, 0.4) is 0 Å². The van der Waals surface area contributed by atoms with Gasteiger partial charge in [0.15, 0.2) is 0 Å². The van der Waals surface area contributed by atoms with Crippen molar-refractivity contribution in [2.24, 2.45) is 0 Å². The molecule has 1 unspecified atom stereocenters. The van der Waals surface area contributed by atoms with Crippen LogP contribution in [0.2, 0.25) is 0 Å². The lowest BCUT2D eigenvalue weighted by Crippen LogP contribution is -2.45. The van der Waals surface area contributed by atoms with Crippen molar-refractivity contribution < 1.29 is 27.4 Å². The van der Waals surface area contributed by atoms with Gasteiger partial charge in [-0.1, -0.05) is 18.2 Å². The Morgan fingerprint density at radius 1 is 0.943 bits per heavy atom. The van der Waals surface area contributed by atoms with E-state index in [0.29, 0.717) is 28.5 Å². The van der Waals surface area contributed by atoms with Crippen LogP contribution in [-0.2, 0) is 14.8 Å². The maximum atomic E-state index is 13.5. The van der Waals surface area contributed by atoms with Crippen molar-refractivity contribution in [3.05, 3.63) is 78.4 Å². The van der Waals surface area contributed by atoms with Gasteiger partial charge in [0.25, 0.3) is 10.0 Å². The highest BCUT2D eigenvalue weighted by atomic mass is 32.2. The van der Waals surface area contributed by atoms with Crippen LogP contribution < -0.4 is 23.8 Å². The number of carbonyl (C=O) groups excluding carboxylic acids is 1. The van der Waals surface area contributed by atoms with Crippen LogP contribution in [0.25, 0.3) is 0 Å². The molecule has 1 atom stereocenters. The van der Waals surface area contributed by atoms with Gasteiger partial charge in [0.05, 0.1) is 30.8 Å². The number of benzene rings is 3. The van der Waals surface area contributed by atoms with E-state index in [-0.39, 0.29) is 24.1 Å². The van der Waals surface area contributed by atoms with Crippen molar-refractivity contribution in [3.63, 3.8) is 0 Å². The molecule has 0 saturated heterocycles. The largest absolute Gasteiger partial charge is 0.497 e. The summed E-state index contributed by atoms with van der Waals surface area (Å²) >= 11 is 0. The molecule has 3 aromatic rings. The second-order valence-corrected chi connectivity index (χ2v) is 9.80. The number of nitrogens with zero attached hydrogens (tertiary/aromatic N) is 1. The quantitative estimate of drug-likeness (QED) is 0.432. The maximum Gasteiger partial charge on any atom is 0.264 e. The van der Waals surface area contributed by atoms with Crippen molar-refractivity contribution in [1.82, 2.24) is 5.32 Å². The number of methoxy groups -OCH3 is 2. The summed E-state index contributed by atoms with van der Waals surface area (Å²) in [5.41, 5.74) is 1.06. The molecule has 0 bridgehead atoms. The summed E-state index contributed by atoms with van der Waals surface area (Å²) < 4.78 is 44.3. The third kappa shape index (κ3) is 6.66. The van der Waals surface area contributed by atoms with Crippen molar-refractivity contribution in [3.8, 4) is 17.2 Å². The molecular weight excluding hydrogens is 468 g/mol. The van der Waals surface area contributed by atoms with E-state index in [2.05, 4.69) is 5.32 Å². The highest BCUT2D eigenvalue weighted by Gasteiger charge is 2.28. The molecule has 0 aliphatic heterocycles. The molecule has 8 nitrogen and oxygen atoms in total. The van der Waals surface area contributed by atoms with Gasteiger partial charge in [0, 0.05) is 0 Å². The van der Waals surface area contributed by atoms with E-state index in [1.807, 2.05) is 0 Å². The summed E-state index contributed by atoms with van der Waals surface area (Å²) in [6, 6.07) is 19.9. The number of rotatable bonds is 11. The minimum atomic E-state index is -4.02. The Bertz CT molecular complexity index is 1230. The van der Waals surface area contributed by atoms with Gasteiger partial charge in [-0.3, -0.25) is 9.10 Å². The number of hydrogen-bond acceptors (Lipinski definition) is 6. The van der Waals surface area contributed by atoms with Crippen LogP contribution >= 0.6 is 0 Å². The summed E-state index contributed by atoms with van der Waals surface area (Å²) in [6.45, 7) is 3.38. The number of amides is 1. The van der Waals surface area contributed by atoms with E-state index in [9.17, 15) is 13.2 Å². The molecule has 1 N–H and O–H groups in total. The molecule has 0 aliphatic rings. The summed E-state index contributed by atoms with van der Waals surface area (Å²) in [5.74, 6) is 1.48. The Labute approximate surface area is 206 Å². The highest BCUT2D eigenvalue weighted by Crippen LogP contribution is 2.27. The van der Waals surface area contributed by atoms with Gasteiger partial charge in [-0.25, -0.2) is 8.42 Å². The Balaban J connectivity index is 1.73. The molecule has 0 spiro atoms. The average molecular weight is 499 g/mol. The van der Waals surface area contributed by atoms with Crippen LogP contribution in [0.4, 0.5) is 5.69 Å². The van der Waals surface area contributed by atoms with E-state index >= 15 is 0 Å². The zero-order chi connectivity index (χ0) is 25.4. The third-order valence-electron chi connectivity index (χ3n) is 5.25. The number of sulfonamides is 1. The standard InChI is InChI=1S/C26H30N2O6S/c1-19-16-24(14-15-25(19)33-4)35(30,31)28(21-8-6-5-7-9-21)17-26(29)27-20(2)18-34-23-12-10-22(32-3)11-13-23/h5-16,20H,17-18H2,1-4H3,(H,27,29). The molecule has 9 heteroatoms. The van der Waals surface area contributed by atoms with Gasteiger partial charge >= 0.3 is 0 Å². The monoisotopic (exact) mass is 498 g/mol. The molecule has 3 rings (SSSR count). The third-order valence-corrected chi connectivity index (χ3v) is 7.02. The number of nitrogens with one attached hydrogen (secondary N) is 1. The zero-order valence-electron chi connectivity index (χ0n) is 20.2. The smallest absolute Gasteiger partial charge is 0.264 e. The fourth-order valence-corrected chi connectivity index (χ4v) is 4.94. The van der Waals surface area contributed by atoms with E-state index in [0.717, 1.165) is 4.31 Å². The Kier molecular flexibility index (Phi) is 8.59. The van der Waals surface area contributed by atoms with Gasteiger partial charge in [-0.2, -0.15) is 0 Å². The summed E-state index contributed by atoms with van der Waals surface area (Å²) in [6.07, 6.45) is 0. The lowest BCUT2D eigenvalue weighted by Gasteiger charge is -2.25. The Morgan fingerprint density at radius 3 is 2.20 bits per heavy atom. The number of hydrogen-bond donors (Lipinski definition) is 1. The SMILES string of the molecule is COc1ccc(OCC(C)NC(=O)CN(c2ccccc2)S(=O)(=O)c2ccc(OC)c(C)c2)cc1. The van der Waals surface area contributed by atoms with Gasteiger partial charge in [-0.15, -0.1) is 0 Å². The van der Waals surface area contributed by atoms with Crippen molar-refractivity contribution >= 4 is 21.6 Å². The summed E-state index contributed by atoms with van der Waals surface area (Å²) in [4.78, 5) is 12.9. The van der Waals surface area contributed by atoms with Crippen LogP contribution in [0, 0.1) is 6.92 Å². The predicted octanol–water partition coefficient (Wildman–Crippen LogP) is 3.79. The zero-order valence-corrected chi connectivity index (χ0v) is 21.0. The lowest BCUT2D eigenvalue weighted by atomic mass is 10.2. The number of ether oxygens (including phenoxy) is 3. The molecule has 0 aromatic heterocycles. The average Bonchev–Trinajstić information content (AvgIpc) is 2.86. The van der Waals surface area contributed by atoms with Crippen molar-refractivity contribution in [2.75, 3.05) is 31.7 Å². The maximum absolute atomic E-state index is 13.5. The molecule has 35 heavy (non-hydrogen) atoms. The second kappa shape index (κ2) is 11.6. The minimum Gasteiger partial charge on any atom is -0.497 e. The minimum absolute atomic E-state index is 0.0725. The highest BCUT2D eigenvalue weighted by molar-refractivity contribution is 7.92. The predicted molar refractivity (Wildman–Crippen MR) is 135 cm³/mol. The molecule has 0 saturated carbocycles. The first-order valence-electron chi connectivity index (χ1n) is 11.0. The van der Waals surface area contributed by atoms with E-state index in [1.165, 1.54) is 19.2 Å². The molecule has 186 valence electrons. The van der Waals surface area contributed by atoms with E-state index in [4.69, 9.17) is 14.2 Å². The van der Waals surface area contributed by atoms with E-state index in [1.54, 1.807) is 81.6 Å². The van der Waals surface area contributed by atoms with Gasteiger partial charge in [0.1, 0.15) is 30.4 Å². The van der Waals surface area contributed by atoms with Gasteiger partial charge in [0.2, 0.25) is 5.91 Å². The fourth-order valence-electron chi connectivity index (χ4n) is 3.43. The molecule has 0 radical (unpaired) electrons. The topological polar surface area (TPSA) is 94.2 Å². The van der Waals surface area contributed by atoms with Crippen molar-refractivity contribution in [1.29, 1.82) is 0 Å². The first-order chi connectivity index (χ1) is 16.7. The molecule has 0 fully saturated rings. The lowest BCUT2D eigenvalue weighted by molar-refractivity contribution is -0.120. The Hall–Kier alpha value is -3.72. The van der Waals surface area contributed by atoms with E-state index < -0.39 is 15.9 Å². The number of para-hydroxylation sites is 1. The Morgan fingerprint density at radius 2 is 1.60 bits per heavy atom. The second-order valence-electron chi connectivity index (χ2n) is 7.93. The van der Waals surface area contributed by atoms with Crippen molar-refractivity contribution in [2.45, 2.75) is 24.8 Å². The molecular formula is C26H30N2O6S. The number of carbonyl (C=O) groups is 1. The van der Waals surface area contributed by atoms with Crippen LogP contribution in [0.15, 0.2) is 77.7 Å².